The van der Waals surface area contributed by atoms with Gasteiger partial charge in [-0.1, -0.05) is 12.1 Å². The largest absolute Gasteiger partial charge is 0.379 e. The SMILES string of the molecule is CS(=O)(=O)Nc1cccc(NCc2cccc(Br)n2)c1. The van der Waals surface area contributed by atoms with Gasteiger partial charge >= 0.3 is 0 Å². The Labute approximate surface area is 126 Å². The average Bonchev–Trinajstić information content (AvgIpc) is 2.35. The Morgan fingerprint density at radius 3 is 2.55 bits per heavy atom. The summed E-state index contributed by atoms with van der Waals surface area (Å²) in [4.78, 5) is 4.31. The van der Waals surface area contributed by atoms with Gasteiger partial charge in [0, 0.05) is 5.69 Å². The first-order valence-electron chi connectivity index (χ1n) is 5.85. The fourth-order valence-corrected chi connectivity index (χ4v) is 2.58. The maximum absolute atomic E-state index is 11.2. The summed E-state index contributed by atoms with van der Waals surface area (Å²) in [5.41, 5.74) is 2.24. The van der Waals surface area contributed by atoms with Crippen LogP contribution in [0, 0.1) is 0 Å². The molecule has 0 amide bonds. The van der Waals surface area contributed by atoms with Gasteiger partial charge < -0.3 is 5.32 Å². The molecule has 0 fully saturated rings. The van der Waals surface area contributed by atoms with Gasteiger partial charge in [-0.25, -0.2) is 13.4 Å². The predicted molar refractivity (Wildman–Crippen MR) is 84.2 cm³/mol. The summed E-state index contributed by atoms with van der Waals surface area (Å²) < 4.78 is 25.6. The van der Waals surface area contributed by atoms with Gasteiger partial charge in [-0.15, -0.1) is 0 Å². The molecule has 0 aliphatic heterocycles. The number of halogens is 1. The minimum Gasteiger partial charge on any atom is -0.379 e. The van der Waals surface area contributed by atoms with Gasteiger partial charge in [0.1, 0.15) is 4.60 Å². The summed E-state index contributed by atoms with van der Waals surface area (Å²) in [6, 6.07) is 12.8. The highest BCUT2D eigenvalue weighted by molar-refractivity contribution is 9.10. The monoisotopic (exact) mass is 355 g/mol. The van der Waals surface area contributed by atoms with Gasteiger partial charge in [-0.05, 0) is 46.3 Å². The number of hydrogen-bond donors (Lipinski definition) is 2. The van der Waals surface area contributed by atoms with Crippen molar-refractivity contribution in [1.82, 2.24) is 4.98 Å². The maximum Gasteiger partial charge on any atom is 0.229 e. The number of aromatic nitrogens is 1. The maximum atomic E-state index is 11.2. The fraction of sp³-hybridized carbons (Fsp3) is 0.154. The van der Waals surface area contributed by atoms with Crippen molar-refractivity contribution < 1.29 is 8.42 Å². The molecule has 2 N–H and O–H groups in total. The summed E-state index contributed by atoms with van der Waals surface area (Å²) in [6.45, 7) is 0.557. The number of benzene rings is 1. The molecule has 106 valence electrons. The van der Waals surface area contributed by atoms with Crippen LogP contribution in [0.4, 0.5) is 11.4 Å². The average molecular weight is 356 g/mol. The van der Waals surface area contributed by atoms with E-state index >= 15 is 0 Å². The molecule has 0 aliphatic carbocycles. The predicted octanol–water partition coefficient (Wildman–Crippen LogP) is 2.83. The minimum atomic E-state index is -3.26. The zero-order chi connectivity index (χ0) is 14.6. The van der Waals surface area contributed by atoms with Crippen LogP contribution in [0.3, 0.4) is 0 Å². The third-order valence-corrected chi connectivity index (χ3v) is 3.46. The van der Waals surface area contributed by atoms with Crippen LogP contribution in [0.25, 0.3) is 0 Å². The lowest BCUT2D eigenvalue weighted by Crippen LogP contribution is -2.09. The minimum absolute atomic E-state index is 0.528. The molecule has 0 spiro atoms. The van der Waals surface area contributed by atoms with Crippen LogP contribution < -0.4 is 10.0 Å². The topological polar surface area (TPSA) is 71.1 Å². The Hall–Kier alpha value is -1.60. The molecule has 0 radical (unpaired) electrons. The number of pyridine rings is 1. The van der Waals surface area contributed by atoms with E-state index < -0.39 is 10.0 Å². The summed E-state index contributed by atoms with van der Waals surface area (Å²) in [5.74, 6) is 0. The molecule has 2 rings (SSSR count). The molecule has 1 aromatic carbocycles. The van der Waals surface area contributed by atoms with E-state index in [9.17, 15) is 8.42 Å². The van der Waals surface area contributed by atoms with Crippen LogP contribution in [0.15, 0.2) is 47.1 Å². The molecule has 0 unspecified atom stereocenters. The van der Waals surface area contributed by atoms with Crippen LogP contribution in [-0.4, -0.2) is 19.7 Å². The fourth-order valence-electron chi connectivity index (χ4n) is 1.65. The first kappa shape index (κ1) is 14.8. The number of nitrogens with one attached hydrogen (secondary N) is 2. The van der Waals surface area contributed by atoms with E-state index in [0.29, 0.717) is 12.2 Å². The molecule has 20 heavy (non-hydrogen) atoms. The number of anilines is 2. The second-order valence-electron chi connectivity index (χ2n) is 4.26. The van der Waals surface area contributed by atoms with E-state index in [1.165, 1.54) is 0 Å². The number of sulfonamides is 1. The van der Waals surface area contributed by atoms with Crippen molar-refractivity contribution in [2.75, 3.05) is 16.3 Å². The summed E-state index contributed by atoms with van der Waals surface area (Å²) in [7, 11) is -3.26. The highest BCUT2D eigenvalue weighted by Gasteiger charge is 2.02. The van der Waals surface area contributed by atoms with Gasteiger partial charge in [0.15, 0.2) is 0 Å². The van der Waals surface area contributed by atoms with Crippen molar-refractivity contribution in [2.24, 2.45) is 0 Å². The lowest BCUT2D eigenvalue weighted by Gasteiger charge is -2.09. The molecule has 1 heterocycles. The molecular weight excluding hydrogens is 342 g/mol. The summed E-state index contributed by atoms with van der Waals surface area (Å²) in [6.07, 6.45) is 1.12. The van der Waals surface area contributed by atoms with E-state index in [2.05, 4.69) is 31.0 Å². The molecule has 0 saturated carbocycles. The zero-order valence-corrected chi connectivity index (χ0v) is 13.2. The van der Waals surface area contributed by atoms with Gasteiger partial charge in [0.2, 0.25) is 10.0 Å². The first-order chi connectivity index (χ1) is 9.42. The normalized spacial score (nSPS) is 11.1. The molecule has 7 heteroatoms. The first-order valence-corrected chi connectivity index (χ1v) is 8.54. The number of hydrogen-bond acceptors (Lipinski definition) is 4. The lowest BCUT2D eigenvalue weighted by atomic mass is 10.2. The van der Waals surface area contributed by atoms with Gasteiger partial charge in [0.25, 0.3) is 0 Å². The van der Waals surface area contributed by atoms with Crippen LogP contribution in [0.5, 0.6) is 0 Å². The highest BCUT2D eigenvalue weighted by atomic mass is 79.9. The number of nitrogens with zero attached hydrogens (tertiary/aromatic N) is 1. The molecule has 0 saturated heterocycles. The van der Waals surface area contributed by atoms with Crippen LogP contribution in [-0.2, 0) is 16.6 Å². The molecule has 0 bridgehead atoms. The van der Waals surface area contributed by atoms with E-state index in [4.69, 9.17) is 0 Å². The smallest absolute Gasteiger partial charge is 0.229 e. The second kappa shape index (κ2) is 6.23. The van der Waals surface area contributed by atoms with Crippen molar-refractivity contribution in [3.63, 3.8) is 0 Å². The van der Waals surface area contributed by atoms with E-state index in [1.807, 2.05) is 24.3 Å². The summed E-state index contributed by atoms with van der Waals surface area (Å²) >= 11 is 3.32. The zero-order valence-electron chi connectivity index (χ0n) is 10.8. The van der Waals surface area contributed by atoms with Crippen molar-refractivity contribution >= 4 is 37.3 Å². The molecule has 1 aromatic heterocycles. The second-order valence-corrected chi connectivity index (χ2v) is 6.82. The van der Waals surface area contributed by atoms with E-state index in [0.717, 1.165) is 22.2 Å². The van der Waals surface area contributed by atoms with Crippen LogP contribution in [0.2, 0.25) is 0 Å². The standard InChI is InChI=1S/C13H14BrN3O2S/c1-20(18,19)17-11-5-2-4-10(8-11)15-9-12-6-3-7-13(14)16-12/h2-8,15,17H,9H2,1H3. The third-order valence-electron chi connectivity index (χ3n) is 2.41. The molecule has 5 nitrogen and oxygen atoms in total. The van der Waals surface area contributed by atoms with Crippen LogP contribution >= 0.6 is 15.9 Å². The van der Waals surface area contributed by atoms with E-state index in [-0.39, 0.29) is 0 Å². The van der Waals surface area contributed by atoms with Gasteiger partial charge in [-0.3, -0.25) is 4.72 Å². The molecular formula is C13H14BrN3O2S. The Balaban J connectivity index is 2.05. The Bertz CT molecular complexity index is 704. The Morgan fingerprint density at radius 1 is 1.15 bits per heavy atom. The van der Waals surface area contributed by atoms with Crippen molar-refractivity contribution in [3.8, 4) is 0 Å². The molecule has 0 atom stereocenters. The van der Waals surface area contributed by atoms with Gasteiger partial charge in [-0.2, -0.15) is 0 Å². The molecule has 2 aromatic rings. The number of rotatable bonds is 5. The van der Waals surface area contributed by atoms with Crippen LogP contribution in [0.1, 0.15) is 5.69 Å². The van der Waals surface area contributed by atoms with E-state index in [1.54, 1.807) is 18.2 Å². The highest BCUT2D eigenvalue weighted by Crippen LogP contribution is 2.17. The van der Waals surface area contributed by atoms with Gasteiger partial charge in [0.05, 0.1) is 24.2 Å². The van der Waals surface area contributed by atoms with Crippen molar-refractivity contribution in [3.05, 3.63) is 52.8 Å². The third kappa shape index (κ3) is 4.82. The lowest BCUT2D eigenvalue weighted by molar-refractivity contribution is 0.607. The Kier molecular flexibility index (Phi) is 4.61. The summed E-state index contributed by atoms with van der Waals surface area (Å²) in [5, 5.41) is 3.20. The van der Waals surface area contributed by atoms with Crippen molar-refractivity contribution in [2.45, 2.75) is 6.54 Å². The molecule has 0 aliphatic rings. The quantitative estimate of drug-likeness (QED) is 0.809. The Morgan fingerprint density at radius 2 is 1.85 bits per heavy atom. The van der Waals surface area contributed by atoms with Crippen molar-refractivity contribution in [1.29, 1.82) is 0 Å².